The van der Waals surface area contributed by atoms with Gasteiger partial charge in [0, 0.05) is 20.6 Å². The highest BCUT2D eigenvalue weighted by Crippen LogP contribution is 2.34. The Balaban J connectivity index is 0.00000171. The van der Waals surface area contributed by atoms with Crippen molar-refractivity contribution in [2.75, 3.05) is 26.0 Å². The lowest BCUT2D eigenvalue weighted by atomic mass is 9.85. The number of rotatable bonds is 5. The number of Topliss-reactive ketones (excluding diaryl/α,β-unsaturated/α-hetero) is 1. The van der Waals surface area contributed by atoms with Gasteiger partial charge in [-0.15, -0.1) is 12.8 Å². The molecule has 1 aromatic rings. The van der Waals surface area contributed by atoms with Gasteiger partial charge in [0.25, 0.3) is 5.91 Å². The molecule has 1 aliphatic rings. The fraction of sp³-hybridized carbons (Fsp3) is 0.333. The Morgan fingerprint density at radius 2 is 1.89 bits per heavy atom. The molecule has 0 saturated heterocycles. The molecule has 7 nitrogen and oxygen atoms in total. The van der Waals surface area contributed by atoms with E-state index in [2.05, 4.69) is 29.4 Å². The van der Waals surface area contributed by atoms with Gasteiger partial charge in [-0.25, -0.2) is 0 Å². The van der Waals surface area contributed by atoms with Gasteiger partial charge in [-0.3, -0.25) is 9.59 Å². The summed E-state index contributed by atoms with van der Waals surface area (Å²) < 4.78 is 0. The van der Waals surface area contributed by atoms with E-state index in [4.69, 9.17) is 5.11 Å². The number of allylic oxidation sites excluding steroid dienone is 2. The third-order valence-corrected chi connectivity index (χ3v) is 3.57. The van der Waals surface area contributed by atoms with Crippen LogP contribution in [0.2, 0.25) is 0 Å². The average Bonchev–Trinajstić information content (AvgIpc) is 2.72. The van der Waals surface area contributed by atoms with E-state index in [1.807, 2.05) is 20.8 Å². The first kappa shape index (κ1) is 24.4. The molecule has 150 valence electrons. The molecule has 7 heteroatoms. The molecule has 2 rings (SSSR count). The zero-order valence-electron chi connectivity index (χ0n) is 16.8. The second-order valence-electron chi connectivity index (χ2n) is 5.40. The number of para-hydroxylation sites is 1. The third-order valence-electron chi connectivity index (χ3n) is 3.57. The lowest BCUT2D eigenvalue weighted by molar-refractivity contribution is -0.118. The Morgan fingerprint density at radius 3 is 2.39 bits per heavy atom. The summed E-state index contributed by atoms with van der Waals surface area (Å²) in [5, 5.41) is 24.9. The molecule has 4 N–H and O–H groups in total. The first-order valence-corrected chi connectivity index (χ1v) is 8.73. The van der Waals surface area contributed by atoms with Gasteiger partial charge in [-0.1, -0.05) is 19.9 Å². The molecule has 0 aliphatic heterocycles. The van der Waals surface area contributed by atoms with E-state index >= 15 is 0 Å². The quantitative estimate of drug-likeness (QED) is 0.458. The van der Waals surface area contributed by atoms with Gasteiger partial charge in [0.05, 0.1) is 16.9 Å². The molecule has 0 radical (unpaired) electrons. The summed E-state index contributed by atoms with van der Waals surface area (Å²) in [5.74, 6) is 0.824. The third kappa shape index (κ3) is 5.21. The Bertz CT molecular complexity index is 814. The SMILES string of the molecule is C#C.CC.CCNC1=C(Nc2cccc(C(=O)N(C)C)c2O)C(=O)C1C#CO. The van der Waals surface area contributed by atoms with Gasteiger partial charge in [0.15, 0.2) is 5.75 Å². The van der Waals surface area contributed by atoms with Gasteiger partial charge in [0.1, 0.15) is 17.7 Å². The number of anilines is 1. The summed E-state index contributed by atoms with van der Waals surface area (Å²) in [6, 6.07) is 4.68. The number of aromatic hydroxyl groups is 1. The van der Waals surface area contributed by atoms with Gasteiger partial charge in [-0.2, -0.15) is 0 Å². The second-order valence-corrected chi connectivity index (χ2v) is 5.40. The first-order chi connectivity index (χ1) is 13.4. The number of phenolic OH excluding ortho intramolecular Hbond substituents is 1. The molecule has 1 unspecified atom stereocenters. The molecule has 1 amide bonds. The molecule has 1 aromatic carbocycles. The Kier molecular flexibility index (Phi) is 10.4. The molecule has 28 heavy (non-hydrogen) atoms. The van der Waals surface area contributed by atoms with Crippen molar-refractivity contribution in [3.8, 4) is 30.6 Å². The molecule has 0 heterocycles. The zero-order valence-corrected chi connectivity index (χ0v) is 16.8. The van der Waals surface area contributed by atoms with Crippen molar-refractivity contribution < 1.29 is 19.8 Å². The highest BCUT2D eigenvalue weighted by Gasteiger charge is 2.39. The van der Waals surface area contributed by atoms with Gasteiger partial charge >= 0.3 is 0 Å². The molecular formula is C21H27N3O4. The van der Waals surface area contributed by atoms with Crippen molar-refractivity contribution in [3.05, 3.63) is 35.2 Å². The van der Waals surface area contributed by atoms with E-state index in [0.29, 0.717) is 12.2 Å². The maximum Gasteiger partial charge on any atom is 0.257 e. The molecule has 1 aliphatic carbocycles. The van der Waals surface area contributed by atoms with Crippen molar-refractivity contribution in [1.82, 2.24) is 10.2 Å². The molecule has 0 spiro atoms. The predicted molar refractivity (Wildman–Crippen MR) is 110 cm³/mol. The fourth-order valence-electron chi connectivity index (χ4n) is 2.38. The monoisotopic (exact) mass is 385 g/mol. The van der Waals surface area contributed by atoms with E-state index in [-0.39, 0.29) is 34.4 Å². The van der Waals surface area contributed by atoms with Crippen LogP contribution < -0.4 is 10.6 Å². The Morgan fingerprint density at radius 1 is 1.29 bits per heavy atom. The molecule has 0 fully saturated rings. The van der Waals surface area contributed by atoms with Gasteiger partial charge in [0.2, 0.25) is 5.78 Å². The number of carbonyl (C=O) groups excluding carboxylic acids is 2. The highest BCUT2D eigenvalue weighted by atomic mass is 16.3. The first-order valence-electron chi connectivity index (χ1n) is 8.73. The minimum Gasteiger partial charge on any atom is -0.505 e. The van der Waals surface area contributed by atoms with Crippen LogP contribution in [-0.4, -0.2) is 47.4 Å². The second kappa shape index (κ2) is 11.9. The van der Waals surface area contributed by atoms with E-state index < -0.39 is 5.92 Å². The molecule has 1 atom stereocenters. The van der Waals surface area contributed by atoms with Crippen molar-refractivity contribution in [2.24, 2.45) is 5.92 Å². The number of hydrogen-bond acceptors (Lipinski definition) is 6. The largest absolute Gasteiger partial charge is 0.505 e. The van der Waals surface area contributed by atoms with Crippen molar-refractivity contribution in [3.63, 3.8) is 0 Å². The maximum atomic E-state index is 12.1. The average molecular weight is 385 g/mol. The normalized spacial score (nSPS) is 14.0. The number of hydrogen-bond donors (Lipinski definition) is 4. The number of nitrogens with one attached hydrogen (secondary N) is 2. The van der Waals surface area contributed by atoms with Crippen LogP contribution in [0.1, 0.15) is 31.1 Å². The van der Waals surface area contributed by atoms with Crippen LogP contribution in [0, 0.1) is 30.8 Å². The predicted octanol–water partition coefficient (Wildman–Crippen LogP) is 2.13. The van der Waals surface area contributed by atoms with Gasteiger partial charge in [-0.05, 0) is 25.0 Å². The van der Waals surface area contributed by atoms with E-state index in [1.54, 1.807) is 32.3 Å². The lowest BCUT2D eigenvalue weighted by Gasteiger charge is -2.29. The number of terminal acetylenes is 1. The molecule has 0 saturated carbocycles. The minimum atomic E-state index is -0.716. The summed E-state index contributed by atoms with van der Waals surface area (Å²) in [7, 11) is 3.17. The molecule has 0 bridgehead atoms. The van der Waals surface area contributed by atoms with Crippen LogP contribution in [-0.2, 0) is 4.79 Å². The summed E-state index contributed by atoms with van der Waals surface area (Å²) in [6.45, 7) is 6.44. The Hall–Kier alpha value is -3.58. The van der Waals surface area contributed by atoms with Crippen molar-refractivity contribution in [1.29, 1.82) is 0 Å². The van der Waals surface area contributed by atoms with Gasteiger partial charge < -0.3 is 25.7 Å². The number of amides is 1. The zero-order chi connectivity index (χ0) is 21.9. The number of phenols is 1. The van der Waals surface area contributed by atoms with Crippen LogP contribution >= 0.6 is 0 Å². The van der Waals surface area contributed by atoms with E-state index in [9.17, 15) is 14.7 Å². The number of ketones is 1. The number of carbonyl (C=O) groups is 2. The summed E-state index contributed by atoms with van der Waals surface area (Å²) in [4.78, 5) is 25.6. The van der Waals surface area contributed by atoms with Crippen LogP contribution in [0.15, 0.2) is 29.6 Å². The smallest absolute Gasteiger partial charge is 0.257 e. The van der Waals surface area contributed by atoms with Crippen molar-refractivity contribution >= 4 is 17.4 Å². The van der Waals surface area contributed by atoms with E-state index in [1.165, 1.54) is 11.0 Å². The summed E-state index contributed by atoms with van der Waals surface area (Å²) in [5.41, 5.74) is 1.19. The fourth-order valence-corrected chi connectivity index (χ4v) is 2.38. The number of aliphatic hydroxyl groups excluding tert-OH is 1. The number of aliphatic hydroxyl groups is 1. The lowest BCUT2D eigenvalue weighted by Crippen LogP contribution is -2.41. The highest BCUT2D eigenvalue weighted by molar-refractivity contribution is 6.11. The van der Waals surface area contributed by atoms with Crippen LogP contribution in [0.4, 0.5) is 5.69 Å². The standard InChI is InChI=1S/C17H19N3O4.C2H6.C2H2/c1-4-18-13-10(8-9-21)16(23)14(13)19-12-7-5-6-11(15(12)22)17(24)20(2)3;2*1-2/h5-7,10,18-19,21-22H,4H2,1-3H3;1-2H3;1-2H. The molecular weight excluding hydrogens is 358 g/mol. The number of benzene rings is 1. The summed E-state index contributed by atoms with van der Waals surface area (Å²) in [6.07, 6.45) is 9.75. The summed E-state index contributed by atoms with van der Waals surface area (Å²) >= 11 is 0. The van der Waals surface area contributed by atoms with Crippen molar-refractivity contribution in [2.45, 2.75) is 20.8 Å². The van der Waals surface area contributed by atoms with E-state index in [0.717, 1.165) is 0 Å². The van der Waals surface area contributed by atoms with Crippen LogP contribution in [0.5, 0.6) is 5.75 Å². The minimum absolute atomic E-state index is 0.133. The molecule has 0 aromatic heterocycles. The number of nitrogens with zero attached hydrogens (tertiary/aromatic N) is 1. The topological polar surface area (TPSA) is 102 Å². The Labute approximate surface area is 166 Å². The maximum absolute atomic E-state index is 12.1. The van der Waals surface area contributed by atoms with Crippen LogP contribution in [0.3, 0.4) is 0 Å². The van der Waals surface area contributed by atoms with Crippen LogP contribution in [0.25, 0.3) is 0 Å².